The molecule has 2 aliphatic rings. The molecule has 7 nitrogen and oxygen atoms in total. The fraction of sp³-hybridized carbons (Fsp3) is 0.483. The highest BCUT2D eigenvalue weighted by atomic mass is 16.2. The molecule has 0 radical (unpaired) electrons. The third-order valence-corrected chi connectivity index (χ3v) is 7.55. The van der Waals surface area contributed by atoms with Crippen LogP contribution in [0.15, 0.2) is 48.5 Å². The van der Waals surface area contributed by atoms with Gasteiger partial charge in [-0.25, -0.2) is 4.79 Å². The Morgan fingerprint density at radius 2 is 1.44 bits per heavy atom. The van der Waals surface area contributed by atoms with Crippen LogP contribution in [-0.2, 0) is 4.79 Å². The topological polar surface area (TPSA) is 81.8 Å². The third kappa shape index (κ3) is 6.25. The molecule has 2 heterocycles. The van der Waals surface area contributed by atoms with Crippen LogP contribution in [0, 0.1) is 19.8 Å². The van der Waals surface area contributed by atoms with Crippen molar-refractivity contribution in [2.24, 2.45) is 5.92 Å². The number of hydrogen-bond donors (Lipinski definition) is 2. The number of hydrogen-bond acceptors (Lipinski definition) is 3. The minimum Gasteiger partial charge on any atom is -0.340 e. The van der Waals surface area contributed by atoms with Crippen LogP contribution in [0.5, 0.6) is 0 Å². The van der Waals surface area contributed by atoms with Crippen molar-refractivity contribution in [1.82, 2.24) is 15.1 Å². The highest BCUT2D eigenvalue weighted by Crippen LogP contribution is 2.26. The van der Waals surface area contributed by atoms with E-state index in [1.807, 2.05) is 55.1 Å². The number of anilines is 1. The average Bonchev–Trinajstić information content (AvgIpc) is 2.89. The zero-order chi connectivity index (χ0) is 25.7. The van der Waals surface area contributed by atoms with E-state index in [4.69, 9.17) is 0 Å². The van der Waals surface area contributed by atoms with Crippen LogP contribution in [0.1, 0.15) is 60.5 Å². The van der Waals surface area contributed by atoms with Gasteiger partial charge in [0.15, 0.2) is 0 Å². The van der Waals surface area contributed by atoms with E-state index < -0.39 is 6.04 Å². The Hall–Kier alpha value is -3.35. The molecule has 0 bridgehead atoms. The summed E-state index contributed by atoms with van der Waals surface area (Å²) in [4.78, 5) is 43.4. The van der Waals surface area contributed by atoms with Crippen LogP contribution in [0.25, 0.3) is 0 Å². The second-order valence-corrected chi connectivity index (χ2v) is 10.3. The largest absolute Gasteiger partial charge is 0.340 e. The van der Waals surface area contributed by atoms with Crippen molar-refractivity contribution < 1.29 is 14.4 Å². The summed E-state index contributed by atoms with van der Waals surface area (Å²) in [5.74, 6) is -0.243. The van der Waals surface area contributed by atoms with E-state index in [-0.39, 0.29) is 29.8 Å². The standard InChI is InChI=1S/C29H38N4O3/c1-20-7-11-24(12-8-20)27(34)31-26(28(35)33-17-5-4-6-22(33)3)23-15-18-32(19-16-23)29(36)30-25-13-9-21(2)10-14-25/h7-14,22-23,26H,4-6,15-19H2,1-3H3,(H,30,36)(H,31,34)/t22-,26-/m0/s1. The second kappa shape index (κ2) is 11.6. The summed E-state index contributed by atoms with van der Waals surface area (Å²) < 4.78 is 0. The van der Waals surface area contributed by atoms with Crippen molar-refractivity contribution in [2.75, 3.05) is 25.0 Å². The first kappa shape index (κ1) is 25.7. The Balaban J connectivity index is 1.44. The molecule has 2 N–H and O–H groups in total. The quantitative estimate of drug-likeness (QED) is 0.635. The Morgan fingerprint density at radius 1 is 0.833 bits per heavy atom. The minimum atomic E-state index is -0.596. The van der Waals surface area contributed by atoms with Gasteiger partial charge in [-0.05, 0) is 83.1 Å². The van der Waals surface area contributed by atoms with Crippen LogP contribution >= 0.6 is 0 Å². The molecule has 2 fully saturated rings. The van der Waals surface area contributed by atoms with E-state index in [0.717, 1.165) is 42.6 Å². The lowest BCUT2D eigenvalue weighted by atomic mass is 9.87. The maximum Gasteiger partial charge on any atom is 0.321 e. The van der Waals surface area contributed by atoms with Crippen molar-refractivity contribution >= 4 is 23.5 Å². The number of likely N-dealkylation sites (tertiary alicyclic amines) is 2. The van der Waals surface area contributed by atoms with Crippen molar-refractivity contribution in [1.29, 1.82) is 0 Å². The molecule has 0 spiro atoms. The Labute approximate surface area is 214 Å². The number of aryl methyl sites for hydroxylation is 2. The summed E-state index contributed by atoms with van der Waals surface area (Å²) in [7, 11) is 0. The molecule has 4 amide bonds. The van der Waals surface area contributed by atoms with Crippen LogP contribution in [0.2, 0.25) is 0 Å². The number of carbonyl (C=O) groups is 3. The number of rotatable bonds is 5. The molecule has 192 valence electrons. The molecule has 2 saturated heterocycles. The van der Waals surface area contributed by atoms with Crippen LogP contribution in [0.4, 0.5) is 10.5 Å². The molecule has 0 aromatic heterocycles. The van der Waals surface area contributed by atoms with E-state index in [9.17, 15) is 14.4 Å². The Morgan fingerprint density at radius 3 is 2.06 bits per heavy atom. The van der Waals surface area contributed by atoms with E-state index in [2.05, 4.69) is 17.6 Å². The van der Waals surface area contributed by atoms with E-state index in [0.29, 0.717) is 31.5 Å². The molecule has 7 heteroatoms. The van der Waals surface area contributed by atoms with Crippen molar-refractivity contribution in [3.63, 3.8) is 0 Å². The first-order valence-corrected chi connectivity index (χ1v) is 13.1. The molecule has 0 unspecified atom stereocenters. The smallest absolute Gasteiger partial charge is 0.321 e. The van der Waals surface area contributed by atoms with Crippen LogP contribution in [0.3, 0.4) is 0 Å². The number of amides is 4. The van der Waals surface area contributed by atoms with Gasteiger partial charge in [-0.2, -0.15) is 0 Å². The van der Waals surface area contributed by atoms with Gasteiger partial charge in [-0.1, -0.05) is 35.4 Å². The van der Waals surface area contributed by atoms with Gasteiger partial charge in [0.1, 0.15) is 6.04 Å². The lowest BCUT2D eigenvalue weighted by molar-refractivity contribution is -0.138. The van der Waals surface area contributed by atoms with E-state index >= 15 is 0 Å². The zero-order valence-corrected chi connectivity index (χ0v) is 21.6. The highest BCUT2D eigenvalue weighted by molar-refractivity contribution is 5.97. The monoisotopic (exact) mass is 490 g/mol. The normalized spacial score (nSPS) is 19.5. The molecular weight excluding hydrogens is 452 g/mol. The first-order valence-electron chi connectivity index (χ1n) is 13.1. The number of nitrogens with one attached hydrogen (secondary N) is 2. The van der Waals surface area contributed by atoms with Gasteiger partial charge in [-0.3, -0.25) is 9.59 Å². The van der Waals surface area contributed by atoms with Crippen LogP contribution < -0.4 is 10.6 Å². The summed E-state index contributed by atoms with van der Waals surface area (Å²) in [6.45, 7) is 7.90. The number of piperidine rings is 2. The molecule has 0 saturated carbocycles. The van der Waals surface area contributed by atoms with E-state index in [1.165, 1.54) is 0 Å². The number of urea groups is 1. The summed E-state index contributed by atoms with van der Waals surface area (Å²) in [6, 6.07) is 14.6. The Bertz CT molecular complexity index is 1060. The maximum absolute atomic E-state index is 13.7. The molecule has 4 rings (SSSR count). The second-order valence-electron chi connectivity index (χ2n) is 10.3. The number of benzene rings is 2. The number of nitrogens with zero attached hydrogens (tertiary/aromatic N) is 2. The molecule has 2 aliphatic heterocycles. The zero-order valence-electron chi connectivity index (χ0n) is 21.6. The van der Waals surface area contributed by atoms with Crippen LogP contribution in [-0.4, -0.2) is 59.4 Å². The van der Waals surface area contributed by atoms with Gasteiger partial charge in [0.05, 0.1) is 0 Å². The summed E-state index contributed by atoms with van der Waals surface area (Å²) in [5, 5.41) is 6.04. The van der Waals surface area contributed by atoms with Gasteiger partial charge in [-0.15, -0.1) is 0 Å². The maximum atomic E-state index is 13.7. The third-order valence-electron chi connectivity index (χ3n) is 7.55. The van der Waals surface area contributed by atoms with Gasteiger partial charge < -0.3 is 20.4 Å². The molecular formula is C29H38N4O3. The lowest BCUT2D eigenvalue weighted by Gasteiger charge is -2.40. The van der Waals surface area contributed by atoms with Gasteiger partial charge in [0.25, 0.3) is 5.91 Å². The molecule has 0 aliphatic carbocycles. The minimum absolute atomic E-state index is 0.00483. The predicted octanol–water partition coefficient (Wildman–Crippen LogP) is 4.75. The SMILES string of the molecule is Cc1ccc(NC(=O)N2CCC([C@H](NC(=O)c3ccc(C)cc3)C(=O)N3CCCC[C@@H]3C)CC2)cc1. The van der Waals surface area contributed by atoms with Gasteiger partial charge in [0.2, 0.25) is 5.91 Å². The van der Waals surface area contributed by atoms with Gasteiger partial charge >= 0.3 is 6.03 Å². The number of carbonyl (C=O) groups excluding carboxylic acids is 3. The first-order chi connectivity index (χ1) is 17.3. The predicted molar refractivity (Wildman–Crippen MR) is 142 cm³/mol. The average molecular weight is 491 g/mol. The van der Waals surface area contributed by atoms with Crippen molar-refractivity contribution in [3.05, 3.63) is 65.2 Å². The summed E-state index contributed by atoms with van der Waals surface area (Å²) in [5.41, 5.74) is 3.54. The van der Waals surface area contributed by atoms with Crippen molar-refractivity contribution in [2.45, 2.75) is 65.0 Å². The molecule has 36 heavy (non-hydrogen) atoms. The fourth-order valence-corrected chi connectivity index (χ4v) is 5.19. The van der Waals surface area contributed by atoms with Gasteiger partial charge in [0, 0.05) is 36.9 Å². The highest BCUT2D eigenvalue weighted by Gasteiger charge is 2.38. The Kier molecular flexibility index (Phi) is 8.28. The lowest BCUT2D eigenvalue weighted by Crippen LogP contribution is -2.57. The molecule has 2 aromatic carbocycles. The van der Waals surface area contributed by atoms with E-state index in [1.54, 1.807) is 17.0 Å². The summed E-state index contributed by atoms with van der Waals surface area (Å²) in [6.07, 6.45) is 4.43. The molecule has 2 atom stereocenters. The molecule has 2 aromatic rings. The summed E-state index contributed by atoms with van der Waals surface area (Å²) >= 11 is 0. The fourth-order valence-electron chi connectivity index (χ4n) is 5.19. The van der Waals surface area contributed by atoms with Crippen molar-refractivity contribution in [3.8, 4) is 0 Å².